The molecule has 2 atom stereocenters. The van der Waals surface area contributed by atoms with Gasteiger partial charge in [-0.05, 0) is 20.5 Å². The van der Waals surface area contributed by atoms with Crippen LogP contribution < -0.4 is 0 Å². The van der Waals surface area contributed by atoms with Crippen molar-refractivity contribution in [2.24, 2.45) is 0 Å². The molecule has 2 saturated heterocycles. The van der Waals surface area contributed by atoms with E-state index in [1.165, 1.54) is 4.90 Å². The van der Waals surface area contributed by atoms with Gasteiger partial charge < -0.3 is 14.9 Å². The van der Waals surface area contributed by atoms with E-state index in [0.29, 0.717) is 19.5 Å². The maximum atomic E-state index is 12.3. The van der Waals surface area contributed by atoms with Crippen molar-refractivity contribution in [3.63, 3.8) is 0 Å². The van der Waals surface area contributed by atoms with Crippen LogP contribution in [0.2, 0.25) is 0 Å². The number of amides is 3. The average molecular weight is 297 g/mol. The lowest BCUT2D eigenvalue weighted by molar-refractivity contribution is -0.139. The first kappa shape index (κ1) is 15.9. The Morgan fingerprint density at radius 2 is 1.90 bits per heavy atom. The molecule has 2 unspecified atom stereocenters. The van der Waals surface area contributed by atoms with E-state index in [1.54, 1.807) is 4.90 Å². The van der Waals surface area contributed by atoms with E-state index in [-0.39, 0.29) is 49.6 Å². The Labute approximate surface area is 124 Å². The summed E-state index contributed by atoms with van der Waals surface area (Å²) in [6.07, 6.45) is 0.714. The van der Waals surface area contributed by atoms with Gasteiger partial charge in [0, 0.05) is 44.9 Å². The maximum Gasteiger partial charge on any atom is 0.229 e. The molecule has 0 aromatic rings. The Balaban J connectivity index is 1.89. The summed E-state index contributed by atoms with van der Waals surface area (Å²) in [5, 5.41) is 9.76. The third-order valence-electron chi connectivity index (χ3n) is 3.99. The molecule has 0 spiro atoms. The Kier molecular flexibility index (Phi) is 4.95. The van der Waals surface area contributed by atoms with E-state index < -0.39 is 6.10 Å². The maximum absolute atomic E-state index is 12.3. The highest BCUT2D eigenvalue weighted by Gasteiger charge is 2.35. The number of nitrogens with zero attached hydrogens (tertiary/aromatic N) is 3. The van der Waals surface area contributed by atoms with Crippen molar-refractivity contribution in [2.45, 2.75) is 37.8 Å². The number of carbonyl (C=O) groups excluding carboxylic acids is 3. The molecule has 7 nitrogen and oxygen atoms in total. The highest BCUT2D eigenvalue weighted by molar-refractivity contribution is 6.02. The summed E-state index contributed by atoms with van der Waals surface area (Å²) in [5.41, 5.74) is 0. The molecule has 2 aliphatic rings. The fraction of sp³-hybridized carbons (Fsp3) is 0.786. The summed E-state index contributed by atoms with van der Waals surface area (Å²) in [6.45, 7) is 1.18. The fourth-order valence-electron chi connectivity index (χ4n) is 3.02. The minimum Gasteiger partial charge on any atom is -0.391 e. The molecular formula is C14H23N3O4. The van der Waals surface area contributed by atoms with Crippen molar-refractivity contribution in [3.8, 4) is 0 Å². The second kappa shape index (κ2) is 6.53. The molecule has 7 heteroatoms. The standard InChI is InChI=1S/C14H23N3O4/c1-15(2)8-10-7-11(18)9-17(10)14(21)5-6-16-12(19)3-4-13(16)20/h10-11,18H,3-9H2,1-2H3. The van der Waals surface area contributed by atoms with Crippen molar-refractivity contribution >= 4 is 17.7 Å². The van der Waals surface area contributed by atoms with Gasteiger partial charge >= 0.3 is 0 Å². The molecule has 21 heavy (non-hydrogen) atoms. The van der Waals surface area contributed by atoms with E-state index in [4.69, 9.17) is 0 Å². The van der Waals surface area contributed by atoms with Gasteiger partial charge in [-0.2, -0.15) is 0 Å². The van der Waals surface area contributed by atoms with Gasteiger partial charge in [-0.15, -0.1) is 0 Å². The van der Waals surface area contributed by atoms with E-state index >= 15 is 0 Å². The van der Waals surface area contributed by atoms with Crippen molar-refractivity contribution in [2.75, 3.05) is 33.7 Å². The Morgan fingerprint density at radius 1 is 1.29 bits per heavy atom. The zero-order valence-electron chi connectivity index (χ0n) is 12.6. The second-order valence-corrected chi connectivity index (χ2v) is 6.04. The molecule has 0 aromatic heterocycles. The number of aliphatic hydroxyl groups is 1. The van der Waals surface area contributed by atoms with Gasteiger partial charge in [0.2, 0.25) is 17.7 Å². The number of carbonyl (C=O) groups is 3. The highest BCUT2D eigenvalue weighted by Crippen LogP contribution is 2.20. The van der Waals surface area contributed by atoms with Gasteiger partial charge in [0.15, 0.2) is 0 Å². The van der Waals surface area contributed by atoms with Crippen molar-refractivity contribution in [1.29, 1.82) is 0 Å². The molecule has 0 aliphatic carbocycles. The third kappa shape index (κ3) is 3.79. The molecule has 1 N–H and O–H groups in total. The molecule has 2 fully saturated rings. The number of β-amino-alcohol motifs (C(OH)–C–C–N with tert-alkyl or cyclic N) is 1. The first-order chi connectivity index (χ1) is 9.88. The summed E-state index contributed by atoms with van der Waals surface area (Å²) in [7, 11) is 3.85. The number of hydrogen-bond acceptors (Lipinski definition) is 5. The smallest absolute Gasteiger partial charge is 0.229 e. The predicted molar refractivity (Wildman–Crippen MR) is 75.2 cm³/mol. The first-order valence-electron chi connectivity index (χ1n) is 7.34. The molecule has 0 radical (unpaired) electrons. The van der Waals surface area contributed by atoms with E-state index in [9.17, 15) is 19.5 Å². The van der Waals surface area contributed by atoms with Crippen LogP contribution in [0.4, 0.5) is 0 Å². The number of hydrogen-bond donors (Lipinski definition) is 1. The van der Waals surface area contributed by atoms with Crippen molar-refractivity contribution < 1.29 is 19.5 Å². The molecule has 2 heterocycles. The van der Waals surface area contributed by atoms with Crippen LogP contribution in [0.5, 0.6) is 0 Å². The zero-order chi connectivity index (χ0) is 15.6. The molecule has 0 saturated carbocycles. The quantitative estimate of drug-likeness (QED) is 0.662. The molecule has 118 valence electrons. The average Bonchev–Trinajstić information content (AvgIpc) is 2.90. The summed E-state index contributed by atoms with van der Waals surface area (Å²) < 4.78 is 0. The van der Waals surface area contributed by atoms with Crippen LogP contribution in [0.3, 0.4) is 0 Å². The van der Waals surface area contributed by atoms with Crippen LogP contribution >= 0.6 is 0 Å². The number of aliphatic hydroxyl groups excluding tert-OH is 1. The Hall–Kier alpha value is -1.47. The summed E-state index contributed by atoms with van der Waals surface area (Å²) in [5.74, 6) is -0.496. The van der Waals surface area contributed by atoms with Crippen LogP contribution in [0, 0.1) is 0 Å². The zero-order valence-corrected chi connectivity index (χ0v) is 12.6. The molecule has 2 aliphatic heterocycles. The SMILES string of the molecule is CN(C)CC1CC(O)CN1C(=O)CCN1C(=O)CCC1=O. The van der Waals surface area contributed by atoms with Gasteiger partial charge in [0.05, 0.1) is 6.10 Å². The summed E-state index contributed by atoms with van der Waals surface area (Å²) in [6, 6.07) is -0.00696. The molecular weight excluding hydrogens is 274 g/mol. The van der Waals surface area contributed by atoms with Gasteiger partial charge in [0.1, 0.15) is 0 Å². The van der Waals surface area contributed by atoms with Crippen molar-refractivity contribution in [3.05, 3.63) is 0 Å². The van der Waals surface area contributed by atoms with Crippen LogP contribution in [-0.4, -0.2) is 83.4 Å². The summed E-state index contributed by atoms with van der Waals surface area (Å²) >= 11 is 0. The van der Waals surface area contributed by atoms with Gasteiger partial charge in [-0.1, -0.05) is 0 Å². The first-order valence-corrected chi connectivity index (χ1v) is 7.34. The van der Waals surface area contributed by atoms with E-state index in [2.05, 4.69) is 0 Å². The Morgan fingerprint density at radius 3 is 2.48 bits per heavy atom. The van der Waals surface area contributed by atoms with Gasteiger partial charge in [-0.25, -0.2) is 0 Å². The second-order valence-electron chi connectivity index (χ2n) is 6.04. The number of rotatable bonds is 5. The van der Waals surface area contributed by atoms with E-state index in [0.717, 1.165) is 0 Å². The number of imide groups is 1. The normalized spacial score (nSPS) is 26.3. The third-order valence-corrected chi connectivity index (χ3v) is 3.99. The largest absolute Gasteiger partial charge is 0.391 e. The predicted octanol–water partition coefficient (Wildman–Crippen LogP) is -0.951. The minimum absolute atomic E-state index is 0.00696. The highest BCUT2D eigenvalue weighted by atomic mass is 16.3. The number of likely N-dealkylation sites (N-methyl/N-ethyl adjacent to an activating group) is 1. The number of likely N-dealkylation sites (tertiary alicyclic amines) is 2. The van der Waals surface area contributed by atoms with Crippen LogP contribution in [-0.2, 0) is 14.4 Å². The molecule has 0 aromatic carbocycles. The van der Waals surface area contributed by atoms with Gasteiger partial charge in [0.25, 0.3) is 0 Å². The lowest BCUT2D eigenvalue weighted by Crippen LogP contribution is -2.43. The molecule has 0 bridgehead atoms. The lowest BCUT2D eigenvalue weighted by atomic mass is 10.2. The van der Waals surface area contributed by atoms with Crippen LogP contribution in [0.25, 0.3) is 0 Å². The van der Waals surface area contributed by atoms with Crippen LogP contribution in [0.1, 0.15) is 25.7 Å². The lowest BCUT2D eigenvalue weighted by Gasteiger charge is -2.27. The van der Waals surface area contributed by atoms with Crippen LogP contribution in [0.15, 0.2) is 0 Å². The van der Waals surface area contributed by atoms with E-state index in [1.807, 2.05) is 19.0 Å². The van der Waals surface area contributed by atoms with Crippen molar-refractivity contribution in [1.82, 2.24) is 14.7 Å². The minimum atomic E-state index is -0.492. The molecule has 3 amide bonds. The summed E-state index contributed by atoms with van der Waals surface area (Å²) in [4.78, 5) is 40.2. The topological polar surface area (TPSA) is 81.2 Å². The monoisotopic (exact) mass is 297 g/mol. The van der Waals surface area contributed by atoms with Gasteiger partial charge in [-0.3, -0.25) is 19.3 Å². The fourth-order valence-corrected chi connectivity index (χ4v) is 3.02. The molecule has 2 rings (SSSR count). The Bertz CT molecular complexity index is 422.